The van der Waals surface area contributed by atoms with Crippen LogP contribution in [0.3, 0.4) is 0 Å². The van der Waals surface area contributed by atoms with E-state index in [9.17, 15) is 4.79 Å². The lowest BCUT2D eigenvalue weighted by Gasteiger charge is -2.37. The Bertz CT molecular complexity index is 923. The van der Waals surface area contributed by atoms with Gasteiger partial charge in [-0.05, 0) is 49.4 Å². The Labute approximate surface area is 175 Å². The molecule has 1 aromatic carbocycles. The number of rotatable bonds is 7. The number of nitrogens with zero attached hydrogens (tertiary/aromatic N) is 4. The molecule has 0 bridgehead atoms. The van der Waals surface area contributed by atoms with Crippen LogP contribution in [0.1, 0.15) is 31.2 Å². The minimum Gasteiger partial charge on any atom is -0.495 e. The number of carbonyl (C=O) groups is 1. The van der Waals surface area contributed by atoms with Crippen LogP contribution >= 0.6 is 11.6 Å². The SMILES string of the molecule is COc1ccc(C2=NN(CCCCn3ccnc3)C(=O)[C@H]3CC=CC[C@@H]23)cc1Cl. The second-order valence-electron chi connectivity index (χ2n) is 7.46. The number of aromatic nitrogens is 2. The largest absolute Gasteiger partial charge is 0.495 e. The molecule has 1 aromatic heterocycles. The first-order valence-corrected chi connectivity index (χ1v) is 10.4. The molecular formula is C22H25ClN4O2. The highest BCUT2D eigenvalue weighted by molar-refractivity contribution is 6.32. The van der Waals surface area contributed by atoms with Crippen LogP contribution in [0.15, 0.2) is 54.2 Å². The smallest absolute Gasteiger partial charge is 0.246 e. The summed E-state index contributed by atoms with van der Waals surface area (Å²) in [4.78, 5) is 17.1. The Morgan fingerprint density at radius 2 is 1.97 bits per heavy atom. The van der Waals surface area contributed by atoms with Gasteiger partial charge in [0.2, 0.25) is 5.91 Å². The van der Waals surface area contributed by atoms with Crippen molar-refractivity contribution in [1.82, 2.24) is 14.6 Å². The van der Waals surface area contributed by atoms with Crippen molar-refractivity contribution in [2.45, 2.75) is 32.2 Å². The number of hydrogen-bond donors (Lipinski definition) is 0. The number of fused-ring (bicyclic) bond motifs is 1. The molecule has 2 aromatic rings. The highest BCUT2D eigenvalue weighted by Crippen LogP contribution is 2.36. The lowest BCUT2D eigenvalue weighted by Crippen LogP contribution is -2.45. The fourth-order valence-electron chi connectivity index (χ4n) is 4.07. The van der Waals surface area contributed by atoms with Gasteiger partial charge in [0.1, 0.15) is 5.75 Å². The molecule has 29 heavy (non-hydrogen) atoms. The Morgan fingerprint density at radius 1 is 1.17 bits per heavy atom. The Balaban J connectivity index is 1.53. The van der Waals surface area contributed by atoms with Gasteiger partial charge in [-0.15, -0.1) is 0 Å². The number of carbonyl (C=O) groups excluding carboxylic acids is 1. The molecule has 152 valence electrons. The number of unbranched alkanes of at least 4 members (excludes halogenated alkanes) is 1. The van der Waals surface area contributed by atoms with Crippen molar-refractivity contribution in [3.05, 3.63) is 59.7 Å². The summed E-state index contributed by atoms with van der Waals surface area (Å²) in [6, 6.07) is 5.73. The molecule has 0 unspecified atom stereocenters. The summed E-state index contributed by atoms with van der Waals surface area (Å²) in [5.41, 5.74) is 1.90. The van der Waals surface area contributed by atoms with Gasteiger partial charge in [0, 0.05) is 31.4 Å². The van der Waals surface area contributed by atoms with E-state index < -0.39 is 0 Å². The first-order chi connectivity index (χ1) is 14.2. The van der Waals surface area contributed by atoms with Crippen molar-refractivity contribution < 1.29 is 9.53 Å². The van der Waals surface area contributed by atoms with Crippen molar-refractivity contribution in [2.24, 2.45) is 16.9 Å². The molecule has 4 rings (SSSR count). The zero-order valence-corrected chi connectivity index (χ0v) is 17.3. The molecule has 0 fully saturated rings. The number of methoxy groups -OCH3 is 1. The van der Waals surface area contributed by atoms with Gasteiger partial charge in [0.05, 0.1) is 30.1 Å². The second-order valence-corrected chi connectivity index (χ2v) is 7.87. The first-order valence-electron chi connectivity index (χ1n) is 10.0. The molecule has 1 amide bonds. The van der Waals surface area contributed by atoms with Gasteiger partial charge in [-0.3, -0.25) is 4.79 Å². The maximum Gasteiger partial charge on any atom is 0.246 e. The fourth-order valence-corrected chi connectivity index (χ4v) is 4.32. The summed E-state index contributed by atoms with van der Waals surface area (Å²) in [5, 5.41) is 7.02. The molecular weight excluding hydrogens is 388 g/mol. The van der Waals surface area contributed by atoms with Gasteiger partial charge in [-0.1, -0.05) is 23.8 Å². The summed E-state index contributed by atoms with van der Waals surface area (Å²) in [5.74, 6) is 0.811. The van der Waals surface area contributed by atoms with Crippen LogP contribution < -0.4 is 4.74 Å². The number of aryl methyl sites for hydroxylation is 1. The van der Waals surface area contributed by atoms with Crippen molar-refractivity contribution in [3.63, 3.8) is 0 Å². The van der Waals surface area contributed by atoms with Crippen molar-refractivity contribution >= 4 is 23.2 Å². The van der Waals surface area contributed by atoms with Gasteiger partial charge < -0.3 is 9.30 Å². The Kier molecular flexibility index (Phi) is 6.00. The van der Waals surface area contributed by atoms with Crippen LogP contribution in [0, 0.1) is 11.8 Å². The molecule has 0 saturated carbocycles. The van der Waals surface area contributed by atoms with E-state index in [1.807, 2.05) is 35.3 Å². The predicted octanol–water partition coefficient (Wildman–Crippen LogP) is 4.15. The van der Waals surface area contributed by atoms with Crippen LogP contribution in [0.5, 0.6) is 5.75 Å². The van der Waals surface area contributed by atoms with Crippen LogP contribution in [0.2, 0.25) is 5.02 Å². The lowest BCUT2D eigenvalue weighted by atomic mass is 9.76. The topological polar surface area (TPSA) is 59.7 Å². The molecule has 7 heteroatoms. The van der Waals surface area contributed by atoms with E-state index in [2.05, 4.69) is 17.1 Å². The first kappa shape index (κ1) is 19.7. The van der Waals surface area contributed by atoms with E-state index in [-0.39, 0.29) is 17.7 Å². The highest BCUT2D eigenvalue weighted by Gasteiger charge is 2.39. The van der Waals surface area contributed by atoms with Crippen molar-refractivity contribution in [3.8, 4) is 5.75 Å². The van der Waals surface area contributed by atoms with E-state index in [1.165, 1.54) is 0 Å². The quantitative estimate of drug-likeness (QED) is 0.507. The minimum absolute atomic E-state index is 0.0537. The highest BCUT2D eigenvalue weighted by atomic mass is 35.5. The summed E-state index contributed by atoms with van der Waals surface area (Å²) < 4.78 is 7.32. The number of hydrazone groups is 1. The molecule has 1 aliphatic carbocycles. The molecule has 0 N–H and O–H groups in total. The molecule has 0 radical (unpaired) electrons. The zero-order valence-electron chi connectivity index (χ0n) is 16.5. The standard InChI is InChI=1S/C22H25ClN4O2/c1-29-20-9-8-16(14-19(20)23)21-17-6-2-3-7-18(17)22(28)27(25-21)12-5-4-11-26-13-10-24-15-26/h2-3,8-10,13-15,17-18H,4-7,11-12H2,1H3/t17-,18+/m1/s1. The molecule has 2 atom stereocenters. The normalized spacial score (nSPS) is 21.1. The summed E-state index contributed by atoms with van der Waals surface area (Å²) in [6.07, 6.45) is 13.2. The van der Waals surface area contributed by atoms with Crippen LogP contribution in [0.4, 0.5) is 0 Å². The van der Waals surface area contributed by atoms with E-state index in [0.717, 1.165) is 43.5 Å². The van der Waals surface area contributed by atoms with Crippen LogP contribution in [-0.4, -0.2) is 39.8 Å². The maximum absolute atomic E-state index is 13.1. The number of imidazole rings is 1. The molecule has 1 aliphatic heterocycles. The van der Waals surface area contributed by atoms with Crippen molar-refractivity contribution in [2.75, 3.05) is 13.7 Å². The zero-order chi connectivity index (χ0) is 20.2. The van der Waals surface area contributed by atoms with Crippen LogP contribution in [0.25, 0.3) is 0 Å². The average Bonchev–Trinajstić information content (AvgIpc) is 3.26. The van der Waals surface area contributed by atoms with Crippen molar-refractivity contribution in [1.29, 1.82) is 0 Å². The Hall–Kier alpha value is -2.60. The van der Waals surface area contributed by atoms with Gasteiger partial charge >= 0.3 is 0 Å². The third-order valence-corrected chi connectivity index (χ3v) is 5.92. The number of benzene rings is 1. The molecule has 2 aliphatic rings. The minimum atomic E-state index is -0.0537. The van der Waals surface area contributed by atoms with E-state index >= 15 is 0 Å². The second kappa shape index (κ2) is 8.82. The number of ether oxygens (including phenoxy) is 1. The third kappa shape index (κ3) is 4.22. The monoisotopic (exact) mass is 412 g/mol. The number of allylic oxidation sites excluding steroid dienone is 2. The summed E-state index contributed by atoms with van der Waals surface area (Å²) in [6.45, 7) is 1.51. The Morgan fingerprint density at radius 3 is 2.69 bits per heavy atom. The third-order valence-electron chi connectivity index (χ3n) is 5.63. The van der Waals surface area contributed by atoms with Crippen LogP contribution in [-0.2, 0) is 11.3 Å². The number of halogens is 1. The predicted molar refractivity (Wildman–Crippen MR) is 113 cm³/mol. The average molecular weight is 413 g/mol. The van der Waals surface area contributed by atoms with Gasteiger partial charge in [0.15, 0.2) is 0 Å². The number of hydrogen-bond acceptors (Lipinski definition) is 4. The van der Waals surface area contributed by atoms with Gasteiger partial charge in [-0.2, -0.15) is 5.10 Å². The fraction of sp³-hybridized carbons (Fsp3) is 0.409. The number of amides is 1. The maximum atomic E-state index is 13.1. The molecule has 0 spiro atoms. The van der Waals surface area contributed by atoms with E-state index in [0.29, 0.717) is 17.3 Å². The molecule has 2 heterocycles. The van der Waals surface area contributed by atoms with E-state index in [1.54, 1.807) is 18.3 Å². The van der Waals surface area contributed by atoms with Gasteiger partial charge in [0.25, 0.3) is 0 Å². The van der Waals surface area contributed by atoms with Gasteiger partial charge in [-0.25, -0.2) is 9.99 Å². The van der Waals surface area contributed by atoms with E-state index in [4.69, 9.17) is 21.4 Å². The lowest BCUT2D eigenvalue weighted by molar-refractivity contribution is -0.137. The molecule has 0 saturated heterocycles. The molecule has 6 nitrogen and oxygen atoms in total. The summed E-state index contributed by atoms with van der Waals surface area (Å²) in [7, 11) is 1.60. The summed E-state index contributed by atoms with van der Waals surface area (Å²) >= 11 is 6.36.